The summed E-state index contributed by atoms with van der Waals surface area (Å²) in [7, 11) is 3.16. The summed E-state index contributed by atoms with van der Waals surface area (Å²) < 4.78 is 4.72. The van der Waals surface area contributed by atoms with Gasteiger partial charge < -0.3 is 14.5 Å². The summed E-state index contributed by atoms with van der Waals surface area (Å²) in [5.74, 6) is 0. The van der Waals surface area contributed by atoms with Crippen molar-refractivity contribution < 1.29 is 9.53 Å². The number of likely N-dealkylation sites (N-methyl/N-ethyl adjacent to an activating group) is 2. The molecule has 0 bridgehead atoms. The molecule has 0 N–H and O–H groups in total. The molecule has 0 aliphatic heterocycles. The van der Waals surface area contributed by atoms with Crippen LogP contribution in [-0.2, 0) is 4.74 Å². The Kier molecular flexibility index (Phi) is 5.49. The second-order valence-electron chi connectivity index (χ2n) is 4.30. The fraction of sp³-hybridized carbons (Fsp3) is 0.500. The second kappa shape index (κ2) is 6.89. The molecule has 1 unspecified atom stereocenters. The Morgan fingerprint density at radius 1 is 1.33 bits per heavy atom. The fourth-order valence-corrected chi connectivity index (χ4v) is 1.82. The number of hydrogen-bond acceptors (Lipinski definition) is 3. The zero-order valence-electron chi connectivity index (χ0n) is 11.6. The molecule has 18 heavy (non-hydrogen) atoms. The number of nitrogens with zero attached hydrogens (tertiary/aromatic N) is 2. The molecule has 1 amide bonds. The van der Waals surface area contributed by atoms with Gasteiger partial charge in [-0.25, -0.2) is 4.79 Å². The van der Waals surface area contributed by atoms with Crippen molar-refractivity contribution in [1.82, 2.24) is 4.90 Å². The number of rotatable bonds is 5. The third-order valence-electron chi connectivity index (χ3n) is 3.11. The van der Waals surface area contributed by atoms with Gasteiger partial charge >= 0.3 is 6.09 Å². The minimum Gasteiger partial charge on any atom is -0.453 e. The quantitative estimate of drug-likeness (QED) is 0.805. The summed E-state index contributed by atoms with van der Waals surface area (Å²) in [6.45, 7) is 5.82. The molecule has 0 spiro atoms. The first-order valence-corrected chi connectivity index (χ1v) is 6.20. The molecular formula is C14H22N2O2. The highest BCUT2D eigenvalue weighted by molar-refractivity contribution is 5.67. The Morgan fingerprint density at radius 2 is 1.94 bits per heavy atom. The number of carbonyl (C=O) groups is 1. The highest BCUT2D eigenvalue weighted by atomic mass is 16.5. The Bertz CT molecular complexity index is 367. The van der Waals surface area contributed by atoms with Crippen LogP contribution in [0.25, 0.3) is 0 Å². The summed E-state index contributed by atoms with van der Waals surface area (Å²) in [5, 5.41) is 0. The molecule has 0 aromatic heterocycles. The lowest BCUT2D eigenvalue weighted by molar-refractivity contribution is 0.121. The SMILES string of the molecule is CCN(CC(C)N(C)C(=O)OC)c1ccccc1. The number of benzene rings is 1. The monoisotopic (exact) mass is 250 g/mol. The summed E-state index contributed by atoms with van der Waals surface area (Å²) in [4.78, 5) is 15.3. The van der Waals surface area contributed by atoms with Gasteiger partial charge in [-0.05, 0) is 26.0 Å². The number of anilines is 1. The van der Waals surface area contributed by atoms with Crippen molar-refractivity contribution in [3.63, 3.8) is 0 Å². The van der Waals surface area contributed by atoms with E-state index in [0.717, 1.165) is 13.1 Å². The average Bonchev–Trinajstić information content (AvgIpc) is 2.43. The molecule has 1 aromatic carbocycles. The van der Waals surface area contributed by atoms with Gasteiger partial charge in [-0.1, -0.05) is 18.2 Å². The van der Waals surface area contributed by atoms with Crippen LogP contribution < -0.4 is 4.90 Å². The molecule has 100 valence electrons. The third kappa shape index (κ3) is 3.65. The highest BCUT2D eigenvalue weighted by Crippen LogP contribution is 2.14. The van der Waals surface area contributed by atoms with Crippen molar-refractivity contribution in [2.45, 2.75) is 19.9 Å². The molecular weight excluding hydrogens is 228 g/mol. The molecule has 4 heteroatoms. The molecule has 0 radical (unpaired) electrons. The van der Waals surface area contributed by atoms with Crippen molar-refractivity contribution >= 4 is 11.8 Å². The van der Waals surface area contributed by atoms with E-state index in [0.29, 0.717) is 0 Å². The van der Waals surface area contributed by atoms with Gasteiger partial charge in [0.1, 0.15) is 0 Å². The molecule has 1 aromatic rings. The molecule has 0 aliphatic rings. The zero-order chi connectivity index (χ0) is 13.5. The summed E-state index contributed by atoms with van der Waals surface area (Å²) in [5.41, 5.74) is 1.17. The highest BCUT2D eigenvalue weighted by Gasteiger charge is 2.18. The van der Waals surface area contributed by atoms with E-state index in [1.54, 1.807) is 11.9 Å². The van der Waals surface area contributed by atoms with Crippen LogP contribution >= 0.6 is 0 Å². The van der Waals surface area contributed by atoms with Crippen molar-refractivity contribution in [1.29, 1.82) is 0 Å². The number of amides is 1. The van der Waals surface area contributed by atoms with Crippen LogP contribution in [0, 0.1) is 0 Å². The lowest BCUT2D eigenvalue weighted by Crippen LogP contribution is -2.43. The average molecular weight is 250 g/mol. The van der Waals surface area contributed by atoms with Crippen LogP contribution in [-0.4, -0.2) is 44.3 Å². The van der Waals surface area contributed by atoms with Gasteiger partial charge in [0.2, 0.25) is 0 Å². The van der Waals surface area contributed by atoms with E-state index in [-0.39, 0.29) is 12.1 Å². The molecule has 4 nitrogen and oxygen atoms in total. The van der Waals surface area contributed by atoms with E-state index in [9.17, 15) is 4.79 Å². The largest absolute Gasteiger partial charge is 0.453 e. The Labute approximate surface area is 109 Å². The second-order valence-corrected chi connectivity index (χ2v) is 4.30. The summed E-state index contributed by atoms with van der Waals surface area (Å²) in [6.07, 6.45) is -0.299. The van der Waals surface area contributed by atoms with Crippen molar-refractivity contribution in [2.24, 2.45) is 0 Å². The predicted molar refractivity (Wildman–Crippen MR) is 74.0 cm³/mol. The van der Waals surface area contributed by atoms with Crippen molar-refractivity contribution in [2.75, 3.05) is 32.1 Å². The van der Waals surface area contributed by atoms with Gasteiger partial charge in [0.05, 0.1) is 7.11 Å². The molecule has 0 heterocycles. The number of methoxy groups -OCH3 is 1. The van der Waals surface area contributed by atoms with Crippen molar-refractivity contribution in [3.05, 3.63) is 30.3 Å². The lowest BCUT2D eigenvalue weighted by atomic mass is 10.2. The van der Waals surface area contributed by atoms with Crippen LogP contribution in [0.3, 0.4) is 0 Å². The van der Waals surface area contributed by atoms with Gasteiger partial charge in [-0.15, -0.1) is 0 Å². The van der Waals surface area contributed by atoms with Crippen LogP contribution in [0.15, 0.2) is 30.3 Å². The maximum Gasteiger partial charge on any atom is 0.409 e. The molecule has 0 saturated heterocycles. The van der Waals surface area contributed by atoms with E-state index in [1.807, 2.05) is 25.1 Å². The minimum absolute atomic E-state index is 0.0950. The number of hydrogen-bond donors (Lipinski definition) is 0. The molecule has 1 rings (SSSR count). The molecule has 0 saturated carbocycles. The zero-order valence-corrected chi connectivity index (χ0v) is 11.6. The first kappa shape index (κ1) is 14.4. The van der Waals surface area contributed by atoms with Crippen LogP contribution in [0.5, 0.6) is 0 Å². The molecule has 1 atom stereocenters. The first-order valence-electron chi connectivity index (χ1n) is 6.20. The Morgan fingerprint density at radius 3 is 2.44 bits per heavy atom. The van der Waals surface area contributed by atoms with E-state index in [2.05, 4.69) is 24.0 Å². The van der Waals surface area contributed by atoms with E-state index < -0.39 is 0 Å². The van der Waals surface area contributed by atoms with E-state index >= 15 is 0 Å². The first-order chi connectivity index (χ1) is 8.60. The summed E-state index contributed by atoms with van der Waals surface area (Å²) >= 11 is 0. The van der Waals surface area contributed by atoms with Gasteiger partial charge in [-0.3, -0.25) is 0 Å². The van der Waals surface area contributed by atoms with Crippen LogP contribution in [0.1, 0.15) is 13.8 Å². The molecule has 0 fully saturated rings. The Balaban J connectivity index is 2.66. The van der Waals surface area contributed by atoms with Crippen molar-refractivity contribution in [3.8, 4) is 0 Å². The number of para-hydroxylation sites is 1. The lowest BCUT2D eigenvalue weighted by Gasteiger charge is -2.31. The number of ether oxygens (including phenoxy) is 1. The van der Waals surface area contributed by atoms with Gasteiger partial charge in [0, 0.05) is 31.9 Å². The van der Waals surface area contributed by atoms with Crippen LogP contribution in [0.4, 0.5) is 10.5 Å². The third-order valence-corrected chi connectivity index (χ3v) is 3.11. The minimum atomic E-state index is -0.299. The van der Waals surface area contributed by atoms with Gasteiger partial charge in [0.15, 0.2) is 0 Å². The number of carbonyl (C=O) groups excluding carboxylic acids is 1. The maximum atomic E-state index is 11.4. The topological polar surface area (TPSA) is 32.8 Å². The standard InChI is InChI=1S/C14H22N2O2/c1-5-16(13-9-7-6-8-10-13)11-12(2)15(3)14(17)18-4/h6-10,12H,5,11H2,1-4H3. The van der Waals surface area contributed by atoms with Gasteiger partial charge in [0.25, 0.3) is 0 Å². The maximum absolute atomic E-state index is 11.4. The van der Waals surface area contributed by atoms with E-state index in [4.69, 9.17) is 4.74 Å². The smallest absolute Gasteiger partial charge is 0.409 e. The fourth-order valence-electron chi connectivity index (χ4n) is 1.82. The van der Waals surface area contributed by atoms with Gasteiger partial charge in [-0.2, -0.15) is 0 Å². The predicted octanol–water partition coefficient (Wildman–Crippen LogP) is 2.60. The normalized spacial score (nSPS) is 11.8. The van der Waals surface area contributed by atoms with E-state index in [1.165, 1.54) is 12.8 Å². The Hall–Kier alpha value is -1.71. The summed E-state index contributed by atoms with van der Waals surface area (Å²) in [6, 6.07) is 10.3. The molecule has 0 aliphatic carbocycles. The van der Waals surface area contributed by atoms with Crippen LogP contribution in [0.2, 0.25) is 0 Å².